The second kappa shape index (κ2) is 4.40. The molecule has 0 bridgehead atoms. The maximum atomic E-state index is 10.7. The van der Waals surface area contributed by atoms with Crippen molar-refractivity contribution in [1.82, 2.24) is 15.5 Å². The van der Waals surface area contributed by atoms with E-state index in [9.17, 15) is 9.59 Å². The van der Waals surface area contributed by atoms with Crippen LogP contribution < -0.4 is 5.32 Å². The number of carbonyl (C=O) groups excluding carboxylic acids is 1. The first-order chi connectivity index (χ1) is 6.59. The van der Waals surface area contributed by atoms with Gasteiger partial charge in [0.05, 0.1) is 6.20 Å². The zero-order valence-corrected chi connectivity index (χ0v) is 7.65. The molecule has 0 aliphatic rings. The summed E-state index contributed by atoms with van der Waals surface area (Å²) >= 11 is 0. The predicted octanol–water partition coefficient (Wildman–Crippen LogP) is -0.459. The third-order valence-corrected chi connectivity index (χ3v) is 1.67. The first-order valence-corrected chi connectivity index (χ1v) is 4.07. The van der Waals surface area contributed by atoms with Crippen LogP contribution in [0, 0.1) is 0 Å². The molecular formula is C8H11N3O3. The maximum absolute atomic E-state index is 10.7. The molecule has 1 amide bonds. The molecule has 0 radical (unpaired) electrons. The van der Waals surface area contributed by atoms with Crippen molar-refractivity contribution in [3.63, 3.8) is 0 Å². The molecule has 3 N–H and O–H groups in total. The Hall–Kier alpha value is -1.85. The van der Waals surface area contributed by atoms with Gasteiger partial charge in [-0.25, -0.2) is 4.79 Å². The van der Waals surface area contributed by atoms with Crippen LogP contribution in [0.2, 0.25) is 0 Å². The van der Waals surface area contributed by atoms with E-state index in [1.165, 1.54) is 13.1 Å². The summed E-state index contributed by atoms with van der Waals surface area (Å²) in [7, 11) is 0. The summed E-state index contributed by atoms with van der Waals surface area (Å²) < 4.78 is 0. The van der Waals surface area contributed by atoms with Crippen LogP contribution in [0.1, 0.15) is 12.5 Å². The molecule has 0 aromatic carbocycles. The lowest BCUT2D eigenvalue weighted by Gasteiger charge is -2.11. The van der Waals surface area contributed by atoms with Gasteiger partial charge in [-0.2, -0.15) is 5.10 Å². The van der Waals surface area contributed by atoms with Crippen LogP contribution in [-0.4, -0.2) is 33.2 Å². The minimum atomic E-state index is -1.05. The summed E-state index contributed by atoms with van der Waals surface area (Å²) in [5.41, 5.74) is 0.742. The molecular weight excluding hydrogens is 186 g/mol. The SMILES string of the molecule is CC(=O)NC(Cc1cn[nH]c1)C(=O)O. The fourth-order valence-corrected chi connectivity index (χ4v) is 1.07. The van der Waals surface area contributed by atoms with E-state index in [1.807, 2.05) is 0 Å². The van der Waals surface area contributed by atoms with E-state index in [2.05, 4.69) is 15.5 Å². The highest BCUT2D eigenvalue weighted by atomic mass is 16.4. The Morgan fingerprint density at radius 1 is 1.71 bits per heavy atom. The standard InChI is InChI=1S/C8H11N3O3/c1-5(12)11-7(8(13)14)2-6-3-9-10-4-6/h3-4,7H,2H2,1H3,(H,9,10)(H,11,12)(H,13,14). The Balaban J connectivity index is 2.60. The first kappa shape index (κ1) is 10.2. The van der Waals surface area contributed by atoms with Gasteiger partial charge in [0.2, 0.25) is 5.91 Å². The lowest BCUT2D eigenvalue weighted by atomic mass is 10.1. The number of aromatic amines is 1. The monoisotopic (exact) mass is 197 g/mol. The average Bonchev–Trinajstić information content (AvgIpc) is 2.54. The summed E-state index contributed by atoms with van der Waals surface area (Å²) in [6, 6.07) is -0.898. The molecule has 1 heterocycles. The van der Waals surface area contributed by atoms with E-state index < -0.39 is 12.0 Å². The number of carbonyl (C=O) groups is 2. The van der Waals surface area contributed by atoms with Crippen LogP contribution in [0.15, 0.2) is 12.4 Å². The lowest BCUT2D eigenvalue weighted by Crippen LogP contribution is -2.41. The normalized spacial score (nSPS) is 12.1. The van der Waals surface area contributed by atoms with Gasteiger partial charge in [-0.1, -0.05) is 0 Å². The zero-order valence-electron chi connectivity index (χ0n) is 7.65. The van der Waals surface area contributed by atoms with Gasteiger partial charge in [0.1, 0.15) is 6.04 Å². The lowest BCUT2D eigenvalue weighted by molar-refractivity contribution is -0.141. The van der Waals surface area contributed by atoms with Crippen LogP contribution in [0.25, 0.3) is 0 Å². The Kier molecular flexibility index (Phi) is 3.22. The molecule has 1 unspecified atom stereocenters. The average molecular weight is 197 g/mol. The van der Waals surface area contributed by atoms with E-state index in [0.717, 1.165) is 5.56 Å². The van der Waals surface area contributed by atoms with Crippen molar-refractivity contribution in [3.05, 3.63) is 18.0 Å². The molecule has 0 aliphatic heterocycles. The molecule has 0 saturated heterocycles. The molecule has 0 aliphatic carbocycles. The molecule has 6 nitrogen and oxygen atoms in total. The number of nitrogens with zero attached hydrogens (tertiary/aromatic N) is 1. The van der Waals surface area contributed by atoms with Gasteiger partial charge in [0.25, 0.3) is 0 Å². The number of nitrogens with one attached hydrogen (secondary N) is 2. The van der Waals surface area contributed by atoms with Crippen LogP contribution in [0.5, 0.6) is 0 Å². The minimum Gasteiger partial charge on any atom is -0.480 e. The van der Waals surface area contributed by atoms with Crippen molar-refractivity contribution in [1.29, 1.82) is 0 Å². The van der Waals surface area contributed by atoms with Gasteiger partial charge in [-0.05, 0) is 5.56 Å². The molecule has 76 valence electrons. The van der Waals surface area contributed by atoms with Crippen molar-refractivity contribution >= 4 is 11.9 Å². The summed E-state index contributed by atoms with van der Waals surface area (Å²) in [4.78, 5) is 21.4. The number of aliphatic carboxylic acids is 1. The highest BCUT2D eigenvalue weighted by Gasteiger charge is 2.18. The number of amides is 1. The van der Waals surface area contributed by atoms with Gasteiger partial charge in [0.15, 0.2) is 0 Å². The van der Waals surface area contributed by atoms with E-state index >= 15 is 0 Å². The van der Waals surface area contributed by atoms with E-state index in [1.54, 1.807) is 6.20 Å². The molecule has 0 saturated carbocycles. The second-order valence-corrected chi connectivity index (χ2v) is 2.90. The minimum absolute atomic E-state index is 0.228. The summed E-state index contributed by atoms with van der Waals surface area (Å²) in [5.74, 6) is -1.41. The highest BCUT2D eigenvalue weighted by molar-refractivity contribution is 5.82. The van der Waals surface area contributed by atoms with Crippen LogP contribution in [0.3, 0.4) is 0 Å². The van der Waals surface area contributed by atoms with Crippen LogP contribution in [-0.2, 0) is 16.0 Å². The molecule has 0 spiro atoms. The van der Waals surface area contributed by atoms with Crippen LogP contribution in [0.4, 0.5) is 0 Å². The molecule has 0 fully saturated rings. The highest BCUT2D eigenvalue weighted by Crippen LogP contribution is 2.00. The fraction of sp³-hybridized carbons (Fsp3) is 0.375. The van der Waals surface area contributed by atoms with Gasteiger partial charge in [0, 0.05) is 19.5 Å². The third-order valence-electron chi connectivity index (χ3n) is 1.67. The van der Waals surface area contributed by atoms with Crippen molar-refractivity contribution in [2.45, 2.75) is 19.4 Å². The van der Waals surface area contributed by atoms with Gasteiger partial charge in [-0.3, -0.25) is 9.89 Å². The molecule has 1 rings (SSSR count). The van der Waals surface area contributed by atoms with E-state index in [0.29, 0.717) is 0 Å². The third kappa shape index (κ3) is 2.89. The number of carboxylic acids is 1. The second-order valence-electron chi connectivity index (χ2n) is 2.90. The predicted molar refractivity (Wildman–Crippen MR) is 47.5 cm³/mol. The largest absolute Gasteiger partial charge is 0.480 e. The summed E-state index contributed by atoms with van der Waals surface area (Å²) in [5, 5.41) is 17.4. The first-order valence-electron chi connectivity index (χ1n) is 4.07. The number of H-pyrrole nitrogens is 1. The number of hydrogen-bond acceptors (Lipinski definition) is 3. The zero-order chi connectivity index (χ0) is 10.6. The molecule has 1 atom stereocenters. The van der Waals surface area contributed by atoms with E-state index in [4.69, 9.17) is 5.11 Å². The van der Waals surface area contributed by atoms with Gasteiger partial charge >= 0.3 is 5.97 Å². The van der Waals surface area contributed by atoms with Crippen molar-refractivity contribution < 1.29 is 14.7 Å². The van der Waals surface area contributed by atoms with Gasteiger partial charge < -0.3 is 10.4 Å². The summed E-state index contributed by atoms with van der Waals surface area (Å²) in [6.45, 7) is 1.28. The fourth-order valence-electron chi connectivity index (χ4n) is 1.07. The Bertz CT molecular complexity index is 321. The topological polar surface area (TPSA) is 95.1 Å². The Morgan fingerprint density at radius 2 is 2.43 bits per heavy atom. The van der Waals surface area contributed by atoms with Crippen molar-refractivity contribution in [2.75, 3.05) is 0 Å². The van der Waals surface area contributed by atoms with Gasteiger partial charge in [-0.15, -0.1) is 0 Å². The smallest absolute Gasteiger partial charge is 0.326 e. The number of hydrogen-bond donors (Lipinski definition) is 3. The number of rotatable bonds is 4. The quantitative estimate of drug-likeness (QED) is 0.608. The molecule has 14 heavy (non-hydrogen) atoms. The summed E-state index contributed by atoms with van der Waals surface area (Å²) in [6.07, 6.45) is 3.35. The van der Waals surface area contributed by atoms with Crippen LogP contribution >= 0.6 is 0 Å². The Morgan fingerprint density at radius 3 is 2.86 bits per heavy atom. The molecule has 1 aromatic rings. The maximum Gasteiger partial charge on any atom is 0.326 e. The molecule has 1 aromatic heterocycles. The van der Waals surface area contributed by atoms with Crippen molar-refractivity contribution in [2.24, 2.45) is 0 Å². The van der Waals surface area contributed by atoms with E-state index in [-0.39, 0.29) is 12.3 Å². The number of carboxylic acid groups (broad SMARTS) is 1. The van der Waals surface area contributed by atoms with Crippen molar-refractivity contribution in [3.8, 4) is 0 Å². The Labute approximate surface area is 80.3 Å². The molecule has 6 heteroatoms. The number of aromatic nitrogens is 2.